The number of amides is 2. The molecule has 0 spiro atoms. The predicted octanol–water partition coefficient (Wildman–Crippen LogP) is 4.70. The number of carbonyl (C=O) groups is 2. The number of benzene rings is 2. The van der Waals surface area contributed by atoms with E-state index < -0.39 is 0 Å². The predicted molar refractivity (Wildman–Crippen MR) is 106 cm³/mol. The van der Waals surface area contributed by atoms with Crippen LogP contribution in [0.3, 0.4) is 0 Å². The third-order valence-electron chi connectivity index (χ3n) is 3.70. The maximum atomic E-state index is 11.6. The number of aromatic nitrogens is 1. The highest BCUT2D eigenvalue weighted by Gasteiger charge is 2.13. The highest BCUT2D eigenvalue weighted by Crippen LogP contribution is 2.34. The van der Waals surface area contributed by atoms with E-state index in [-0.39, 0.29) is 11.8 Å². The first-order chi connectivity index (χ1) is 12.4. The minimum Gasteiger partial charge on any atom is -0.326 e. The van der Waals surface area contributed by atoms with Crippen molar-refractivity contribution in [2.75, 3.05) is 10.6 Å². The van der Waals surface area contributed by atoms with E-state index in [1.807, 2.05) is 36.6 Å². The Morgan fingerprint density at radius 2 is 1.77 bits per heavy atom. The lowest BCUT2D eigenvalue weighted by molar-refractivity contribution is -0.115. The van der Waals surface area contributed by atoms with Crippen molar-refractivity contribution >= 4 is 34.5 Å². The van der Waals surface area contributed by atoms with Gasteiger partial charge in [-0.15, -0.1) is 11.3 Å². The van der Waals surface area contributed by atoms with Gasteiger partial charge in [-0.05, 0) is 31.2 Å². The summed E-state index contributed by atoms with van der Waals surface area (Å²) in [6.07, 6.45) is 0. The zero-order valence-corrected chi connectivity index (χ0v) is 15.6. The summed E-state index contributed by atoms with van der Waals surface area (Å²) in [6, 6.07) is 13.6. The molecular weight excluding hydrogens is 346 g/mol. The third-order valence-corrected chi connectivity index (χ3v) is 4.59. The Kier molecular flexibility index (Phi) is 5.14. The number of aryl methyl sites for hydroxylation is 1. The minimum atomic E-state index is -0.180. The van der Waals surface area contributed by atoms with Gasteiger partial charge in [-0.2, -0.15) is 0 Å². The number of hydrogen-bond donors (Lipinski definition) is 2. The highest BCUT2D eigenvalue weighted by atomic mass is 32.1. The van der Waals surface area contributed by atoms with Crippen LogP contribution in [0.1, 0.15) is 19.4 Å². The van der Waals surface area contributed by atoms with E-state index in [2.05, 4.69) is 16.7 Å². The summed E-state index contributed by atoms with van der Waals surface area (Å²) >= 11 is 1.56. The normalized spacial score (nSPS) is 10.4. The molecular formula is C20H19N3O2S. The zero-order chi connectivity index (χ0) is 18.7. The number of rotatable bonds is 4. The van der Waals surface area contributed by atoms with Gasteiger partial charge in [0.05, 0.1) is 11.4 Å². The zero-order valence-electron chi connectivity index (χ0n) is 14.8. The van der Waals surface area contributed by atoms with E-state index in [9.17, 15) is 9.59 Å². The van der Waals surface area contributed by atoms with Crippen LogP contribution in [0, 0.1) is 6.92 Å². The summed E-state index contributed by atoms with van der Waals surface area (Å²) < 4.78 is 0. The van der Waals surface area contributed by atoms with Gasteiger partial charge in [0, 0.05) is 36.0 Å². The van der Waals surface area contributed by atoms with Gasteiger partial charge in [-0.3, -0.25) is 9.59 Å². The van der Waals surface area contributed by atoms with Crippen LogP contribution in [0.5, 0.6) is 0 Å². The fourth-order valence-electron chi connectivity index (χ4n) is 2.65. The molecule has 2 aromatic carbocycles. The smallest absolute Gasteiger partial charge is 0.221 e. The Labute approximate surface area is 156 Å². The lowest BCUT2D eigenvalue weighted by Crippen LogP contribution is -2.09. The number of carbonyl (C=O) groups excluding carboxylic acids is 2. The molecule has 132 valence electrons. The summed E-state index contributed by atoms with van der Waals surface area (Å²) in [6.45, 7) is 4.95. The summed E-state index contributed by atoms with van der Waals surface area (Å²) in [7, 11) is 0. The fourth-order valence-corrected chi connectivity index (χ4v) is 3.47. The Hall–Kier alpha value is -2.99. The number of thiazole rings is 1. The average molecular weight is 365 g/mol. The summed E-state index contributed by atoms with van der Waals surface area (Å²) in [5, 5.41) is 8.43. The van der Waals surface area contributed by atoms with Crippen molar-refractivity contribution in [1.29, 1.82) is 0 Å². The standard InChI is InChI=1S/C20H19N3O2S/c1-12-5-4-6-15(9-12)20-23-19(11-26-20)17-8-7-16(21-13(2)24)10-18(17)22-14(3)25/h4-11H,1-3H3,(H,21,24)(H,22,25). The number of hydrogen-bond acceptors (Lipinski definition) is 4. The molecule has 2 N–H and O–H groups in total. The summed E-state index contributed by atoms with van der Waals surface area (Å²) in [4.78, 5) is 27.6. The lowest BCUT2D eigenvalue weighted by atomic mass is 10.1. The molecule has 3 rings (SSSR count). The van der Waals surface area contributed by atoms with E-state index in [0.717, 1.165) is 21.8 Å². The van der Waals surface area contributed by atoms with E-state index in [1.54, 1.807) is 23.5 Å². The second kappa shape index (κ2) is 7.49. The molecule has 2 amide bonds. The maximum absolute atomic E-state index is 11.6. The Balaban J connectivity index is 2.00. The molecule has 6 heteroatoms. The Morgan fingerprint density at radius 1 is 1.00 bits per heavy atom. The van der Waals surface area contributed by atoms with Gasteiger partial charge in [0.1, 0.15) is 5.01 Å². The second-order valence-electron chi connectivity index (χ2n) is 6.03. The molecule has 26 heavy (non-hydrogen) atoms. The molecule has 0 aliphatic heterocycles. The van der Waals surface area contributed by atoms with Crippen molar-refractivity contribution in [1.82, 2.24) is 4.98 Å². The monoisotopic (exact) mass is 365 g/mol. The Bertz CT molecular complexity index is 979. The third kappa shape index (κ3) is 4.15. The molecule has 5 nitrogen and oxygen atoms in total. The van der Waals surface area contributed by atoms with Crippen LogP contribution in [0.25, 0.3) is 21.8 Å². The van der Waals surface area contributed by atoms with Crippen LogP contribution in [-0.2, 0) is 9.59 Å². The quantitative estimate of drug-likeness (QED) is 0.704. The van der Waals surface area contributed by atoms with Gasteiger partial charge in [0.15, 0.2) is 0 Å². The first kappa shape index (κ1) is 17.8. The van der Waals surface area contributed by atoms with Gasteiger partial charge in [-0.25, -0.2) is 4.98 Å². The van der Waals surface area contributed by atoms with Crippen molar-refractivity contribution in [3.8, 4) is 21.8 Å². The summed E-state index contributed by atoms with van der Waals surface area (Å²) in [5.41, 5.74) is 5.08. The number of anilines is 2. The molecule has 0 aliphatic carbocycles. The van der Waals surface area contributed by atoms with Crippen molar-refractivity contribution in [2.24, 2.45) is 0 Å². The number of nitrogens with zero attached hydrogens (tertiary/aromatic N) is 1. The van der Waals surface area contributed by atoms with E-state index in [1.165, 1.54) is 19.4 Å². The molecule has 0 radical (unpaired) electrons. The van der Waals surface area contributed by atoms with E-state index in [0.29, 0.717) is 11.4 Å². The maximum Gasteiger partial charge on any atom is 0.221 e. The van der Waals surface area contributed by atoms with Gasteiger partial charge < -0.3 is 10.6 Å². The van der Waals surface area contributed by atoms with Crippen LogP contribution in [0.2, 0.25) is 0 Å². The molecule has 0 bridgehead atoms. The van der Waals surface area contributed by atoms with Gasteiger partial charge in [-0.1, -0.05) is 23.8 Å². The summed E-state index contributed by atoms with van der Waals surface area (Å²) in [5.74, 6) is -0.345. The van der Waals surface area contributed by atoms with Gasteiger partial charge in [0.25, 0.3) is 0 Å². The topological polar surface area (TPSA) is 71.1 Å². The first-order valence-electron chi connectivity index (χ1n) is 8.14. The minimum absolute atomic E-state index is 0.165. The lowest BCUT2D eigenvalue weighted by Gasteiger charge is -2.11. The molecule has 0 aliphatic rings. The van der Waals surface area contributed by atoms with E-state index in [4.69, 9.17) is 4.98 Å². The van der Waals surface area contributed by atoms with Crippen LogP contribution in [0.15, 0.2) is 47.8 Å². The first-order valence-corrected chi connectivity index (χ1v) is 9.02. The molecule has 0 saturated carbocycles. The fraction of sp³-hybridized carbons (Fsp3) is 0.150. The van der Waals surface area contributed by atoms with Crippen LogP contribution >= 0.6 is 11.3 Å². The molecule has 0 atom stereocenters. The second-order valence-corrected chi connectivity index (χ2v) is 6.89. The molecule has 0 saturated heterocycles. The van der Waals surface area contributed by atoms with E-state index >= 15 is 0 Å². The number of nitrogens with one attached hydrogen (secondary N) is 2. The molecule has 0 fully saturated rings. The van der Waals surface area contributed by atoms with Crippen LogP contribution in [-0.4, -0.2) is 16.8 Å². The van der Waals surface area contributed by atoms with Gasteiger partial charge in [0.2, 0.25) is 11.8 Å². The van der Waals surface area contributed by atoms with Crippen molar-refractivity contribution in [3.05, 3.63) is 53.4 Å². The molecule has 1 aromatic heterocycles. The SMILES string of the molecule is CC(=O)Nc1ccc(-c2csc(-c3cccc(C)c3)n2)c(NC(C)=O)c1. The molecule has 3 aromatic rings. The van der Waals surface area contributed by atoms with Crippen molar-refractivity contribution in [2.45, 2.75) is 20.8 Å². The largest absolute Gasteiger partial charge is 0.326 e. The average Bonchev–Trinajstić information content (AvgIpc) is 3.04. The molecule has 1 heterocycles. The molecule has 0 unspecified atom stereocenters. The van der Waals surface area contributed by atoms with Crippen LogP contribution < -0.4 is 10.6 Å². The van der Waals surface area contributed by atoms with Crippen molar-refractivity contribution < 1.29 is 9.59 Å². The Morgan fingerprint density at radius 3 is 2.46 bits per heavy atom. The van der Waals surface area contributed by atoms with Crippen LogP contribution in [0.4, 0.5) is 11.4 Å². The van der Waals surface area contributed by atoms with Crippen molar-refractivity contribution in [3.63, 3.8) is 0 Å². The highest BCUT2D eigenvalue weighted by molar-refractivity contribution is 7.13. The van der Waals surface area contributed by atoms with Gasteiger partial charge >= 0.3 is 0 Å².